The normalized spacial score (nSPS) is 10.4. The van der Waals surface area contributed by atoms with Crippen LogP contribution in [0.3, 0.4) is 0 Å². The lowest BCUT2D eigenvalue weighted by Crippen LogP contribution is -2.17. The minimum Gasteiger partial charge on any atom is -0.497 e. The number of anilines is 2. The number of nitrogens with zero attached hydrogens (tertiary/aromatic N) is 6. The lowest BCUT2D eigenvalue weighted by atomic mass is 10.2. The van der Waals surface area contributed by atoms with Crippen molar-refractivity contribution in [3.8, 4) is 46.9 Å². The molecule has 38 heavy (non-hydrogen) atoms. The maximum Gasteiger partial charge on any atom is 0.124 e. The van der Waals surface area contributed by atoms with Crippen LogP contribution in [-0.2, 0) is 7.05 Å². The van der Waals surface area contributed by atoms with Crippen LogP contribution in [0, 0.1) is 24.2 Å². The van der Waals surface area contributed by atoms with E-state index >= 15 is 0 Å². The van der Waals surface area contributed by atoms with Gasteiger partial charge in [0.15, 0.2) is 0 Å². The van der Waals surface area contributed by atoms with Crippen LogP contribution < -0.4 is 14.4 Å². The van der Waals surface area contributed by atoms with E-state index in [2.05, 4.69) is 37.7 Å². The van der Waals surface area contributed by atoms with Crippen molar-refractivity contribution >= 4 is 22.4 Å². The van der Waals surface area contributed by atoms with Crippen molar-refractivity contribution in [2.75, 3.05) is 25.7 Å². The Morgan fingerprint density at radius 1 is 0.921 bits per heavy atom. The van der Waals surface area contributed by atoms with E-state index in [4.69, 9.17) is 20.9 Å². The summed E-state index contributed by atoms with van der Waals surface area (Å²) in [7, 11) is 5.12. The van der Waals surface area contributed by atoms with Gasteiger partial charge in [-0.1, -0.05) is 11.8 Å². The van der Waals surface area contributed by atoms with Gasteiger partial charge in [-0.3, -0.25) is 9.67 Å². The third kappa shape index (κ3) is 5.25. The molecule has 0 aliphatic carbocycles. The van der Waals surface area contributed by atoms with Crippen molar-refractivity contribution < 1.29 is 9.47 Å². The van der Waals surface area contributed by atoms with E-state index in [9.17, 15) is 0 Å². The Morgan fingerprint density at radius 2 is 1.74 bits per heavy atom. The van der Waals surface area contributed by atoms with E-state index in [0.29, 0.717) is 23.7 Å². The minimum absolute atomic E-state index is 0.361. The van der Waals surface area contributed by atoms with Crippen molar-refractivity contribution in [1.29, 1.82) is 0 Å². The van der Waals surface area contributed by atoms with E-state index in [-0.39, 0.29) is 0 Å². The molecule has 8 heteroatoms. The van der Waals surface area contributed by atoms with Crippen LogP contribution in [0.2, 0.25) is 0 Å². The Labute approximate surface area is 220 Å². The first kappa shape index (κ1) is 24.4. The maximum atomic E-state index is 5.52. The predicted octanol–water partition coefficient (Wildman–Crippen LogP) is 4.61. The molecular weight excluding hydrogens is 476 g/mol. The van der Waals surface area contributed by atoms with Crippen LogP contribution in [-0.4, -0.2) is 45.5 Å². The lowest BCUT2D eigenvalue weighted by Gasteiger charge is -2.24. The molecule has 0 unspecified atom stereocenters. The summed E-state index contributed by atoms with van der Waals surface area (Å²) in [4.78, 5) is 15.8. The molecule has 0 spiro atoms. The van der Waals surface area contributed by atoms with E-state index in [1.807, 2.05) is 49.6 Å². The number of ether oxygens (including phenoxy) is 2. The summed E-state index contributed by atoms with van der Waals surface area (Å²) in [6, 6.07) is 15.2. The van der Waals surface area contributed by atoms with E-state index in [1.54, 1.807) is 49.6 Å². The molecule has 3 aromatic heterocycles. The maximum absolute atomic E-state index is 5.52. The molecule has 0 saturated heterocycles. The lowest BCUT2D eigenvalue weighted by molar-refractivity contribution is 0.394. The second kappa shape index (κ2) is 10.7. The van der Waals surface area contributed by atoms with Gasteiger partial charge in [0.25, 0.3) is 0 Å². The zero-order valence-corrected chi connectivity index (χ0v) is 21.2. The average molecular weight is 501 g/mol. The average Bonchev–Trinajstić information content (AvgIpc) is 3.40. The van der Waals surface area contributed by atoms with Gasteiger partial charge in [0, 0.05) is 60.1 Å². The molecule has 2 aromatic carbocycles. The van der Waals surface area contributed by atoms with Crippen LogP contribution in [0.15, 0.2) is 73.3 Å². The molecule has 0 atom stereocenters. The molecule has 186 valence electrons. The van der Waals surface area contributed by atoms with Gasteiger partial charge in [0.2, 0.25) is 0 Å². The number of hydrogen-bond donors (Lipinski definition) is 0. The highest BCUT2D eigenvalue weighted by Gasteiger charge is 2.14. The summed E-state index contributed by atoms with van der Waals surface area (Å²) < 4.78 is 12.8. The van der Waals surface area contributed by atoms with Crippen LogP contribution in [0.1, 0.15) is 11.3 Å². The topological polar surface area (TPSA) is 78.2 Å². The minimum atomic E-state index is 0.361. The third-order valence-electron chi connectivity index (χ3n) is 5.87. The fourth-order valence-corrected chi connectivity index (χ4v) is 3.94. The number of rotatable bonds is 6. The monoisotopic (exact) mass is 500 g/mol. The molecule has 8 nitrogen and oxygen atoms in total. The van der Waals surface area contributed by atoms with Gasteiger partial charge in [-0.15, -0.1) is 6.42 Å². The number of benzene rings is 2. The quantitative estimate of drug-likeness (QED) is 0.315. The number of aromatic nitrogens is 5. The Morgan fingerprint density at radius 3 is 2.45 bits per heavy atom. The van der Waals surface area contributed by atoms with Crippen LogP contribution in [0.5, 0.6) is 11.5 Å². The molecule has 0 N–H and O–H groups in total. The molecule has 0 saturated carbocycles. The number of terminal acetylenes is 1. The Hall–Kier alpha value is -5.34. The molecule has 0 fully saturated rings. The second-order valence-electron chi connectivity index (χ2n) is 8.36. The highest BCUT2D eigenvalue weighted by atomic mass is 16.5. The van der Waals surface area contributed by atoms with Gasteiger partial charge in [-0.25, -0.2) is 9.97 Å². The molecule has 3 heterocycles. The van der Waals surface area contributed by atoms with E-state index in [0.717, 1.165) is 39.2 Å². The Bertz CT molecular complexity index is 1700. The van der Waals surface area contributed by atoms with Crippen molar-refractivity contribution in [1.82, 2.24) is 24.7 Å². The van der Waals surface area contributed by atoms with Gasteiger partial charge in [-0.2, -0.15) is 5.10 Å². The number of fused-ring (bicyclic) bond motifs is 1. The van der Waals surface area contributed by atoms with Gasteiger partial charge in [0.1, 0.15) is 17.2 Å². The molecule has 0 aliphatic heterocycles. The standard InChI is InChI=1S/C30H24N6O2/c1-5-21-10-11-31-23(13-21)7-6-12-36(25-14-26(37-3)17-27(15-25)38-4)24-8-9-28-29(16-24)34-30(19-32-28)22-18-33-35(2)20-22/h1,8-11,13-20H,12H2,2-4H3. The smallest absolute Gasteiger partial charge is 0.124 e. The summed E-state index contributed by atoms with van der Waals surface area (Å²) in [5, 5.41) is 4.25. The zero-order chi connectivity index (χ0) is 26.5. The molecule has 5 aromatic rings. The van der Waals surface area contributed by atoms with Crippen LogP contribution in [0.4, 0.5) is 11.4 Å². The van der Waals surface area contributed by atoms with Gasteiger partial charge in [-0.05, 0) is 36.3 Å². The Kier molecular flexibility index (Phi) is 6.88. The van der Waals surface area contributed by atoms with Gasteiger partial charge < -0.3 is 14.4 Å². The highest BCUT2D eigenvalue weighted by Crippen LogP contribution is 2.34. The molecule has 5 rings (SSSR count). The summed E-state index contributed by atoms with van der Waals surface area (Å²) in [5.41, 5.74) is 6.24. The van der Waals surface area contributed by atoms with Crippen molar-refractivity contribution in [3.05, 3.63) is 84.6 Å². The Balaban J connectivity index is 1.57. The highest BCUT2D eigenvalue weighted by molar-refractivity contribution is 5.83. The van der Waals surface area contributed by atoms with Crippen molar-refractivity contribution in [2.24, 2.45) is 7.05 Å². The van der Waals surface area contributed by atoms with Crippen molar-refractivity contribution in [3.63, 3.8) is 0 Å². The molecule has 0 amide bonds. The van der Waals surface area contributed by atoms with Crippen LogP contribution >= 0.6 is 0 Å². The number of methoxy groups -OCH3 is 2. The summed E-state index contributed by atoms with van der Waals surface area (Å²) >= 11 is 0. The largest absolute Gasteiger partial charge is 0.497 e. The predicted molar refractivity (Wildman–Crippen MR) is 147 cm³/mol. The molecule has 0 radical (unpaired) electrons. The number of hydrogen-bond acceptors (Lipinski definition) is 7. The first-order valence-electron chi connectivity index (χ1n) is 11.7. The van der Waals surface area contributed by atoms with Crippen molar-refractivity contribution in [2.45, 2.75) is 0 Å². The number of aryl methyl sites for hydroxylation is 1. The second-order valence-corrected chi connectivity index (χ2v) is 8.36. The SMILES string of the molecule is C#Cc1ccnc(C#CCN(c2cc(OC)cc(OC)c2)c2ccc3ncc(-c4cnn(C)c4)nc3c2)c1. The molecular formula is C30H24N6O2. The van der Waals surface area contributed by atoms with Gasteiger partial charge in [0.05, 0.1) is 49.9 Å². The van der Waals surface area contributed by atoms with Gasteiger partial charge >= 0.3 is 0 Å². The van der Waals surface area contributed by atoms with E-state index in [1.165, 1.54) is 0 Å². The first-order chi connectivity index (χ1) is 18.6. The molecule has 0 bridgehead atoms. The summed E-state index contributed by atoms with van der Waals surface area (Å²) in [5.74, 6) is 10.3. The zero-order valence-electron chi connectivity index (χ0n) is 21.2. The van der Waals surface area contributed by atoms with Crippen LogP contribution in [0.25, 0.3) is 22.3 Å². The van der Waals surface area contributed by atoms with E-state index < -0.39 is 0 Å². The molecule has 0 aliphatic rings. The fraction of sp³-hybridized carbons (Fsp3) is 0.133. The first-order valence-corrected chi connectivity index (χ1v) is 11.7. The third-order valence-corrected chi connectivity index (χ3v) is 5.87. The number of pyridine rings is 1. The fourth-order valence-electron chi connectivity index (χ4n) is 3.94. The summed E-state index contributed by atoms with van der Waals surface area (Å²) in [6.45, 7) is 0.361. The summed E-state index contributed by atoms with van der Waals surface area (Å²) in [6.07, 6.45) is 12.6.